The molecule has 0 aromatic carbocycles. The molecule has 0 saturated heterocycles. The van der Waals surface area contributed by atoms with Crippen molar-refractivity contribution in [1.82, 2.24) is 0 Å². The van der Waals surface area contributed by atoms with Gasteiger partial charge in [0, 0.05) is 0 Å². The summed E-state index contributed by atoms with van der Waals surface area (Å²) in [5.74, 6) is 0. The first-order valence-corrected chi connectivity index (χ1v) is 0. The summed E-state index contributed by atoms with van der Waals surface area (Å²) >= 11 is 0. The van der Waals surface area contributed by atoms with Crippen LogP contribution in [0.3, 0.4) is 0 Å². The average Bonchev–Trinajstić information content (AvgIpc) is 0. The van der Waals surface area contributed by atoms with Crippen molar-refractivity contribution >= 4 is 72.6 Å². The van der Waals surface area contributed by atoms with Crippen LogP contribution in [0.5, 0.6) is 0 Å². The van der Waals surface area contributed by atoms with E-state index >= 15 is 0 Å². The second-order valence-electron chi connectivity index (χ2n) is 0. The molecule has 0 radical (unpaired) electrons. The SMILES string of the molecule is O.O.O.O.O.O.O.O.O.S.[NaH].[NaH]. The summed E-state index contributed by atoms with van der Waals surface area (Å²) in [7, 11) is 0. The quantitative estimate of drug-likeness (QED) is 0.358. The van der Waals surface area contributed by atoms with Gasteiger partial charge in [0.2, 0.25) is 0 Å². The molecule has 0 aromatic rings. The topological polar surface area (TPSA) is 284 Å². The molecule has 0 atom stereocenters. The first kappa shape index (κ1) is 596. The summed E-state index contributed by atoms with van der Waals surface area (Å²) in [6.07, 6.45) is 0. The van der Waals surface area contributed by atoms with E-state index in [0.717, 1.165) is 0 Å². The van der Waals surface area contributed by atoms with E-state index in [1.54, 1.807) is 0 Å². The minimum absolute atomic E-state index is 0. The predicted molar refractivity (Wildman–Crippen MR) is 57.2 cm³/mol. The molecule has 0 saturated carbocycles. The van der Waals surface area contributed by atoms with Gasteiger partial charge in [0.25, 0.3) is 0 Å². The predicted octanol–water partition coefficient (Wildman–Crippen LogP) is -8.61. The van der Waals surface area contributed by atoms with Crippen LogP contribution in [0, 0.1) is 0 Å². The first-order chi connectivity index (χ1) is 0. The van der Waals surface area contributed by atoms with Gasteiger partial charge in [-0.15, -0.1) is 0 Å². The number of hydrogen-bond donors (Lipinski definition) is 0. The molecule has 0 fully saturated rings. The second-order valence-corrected chi connectivity index (χ2v) is 0. The van der Waals surface area contributed by atoms with Crippen LogP contribution in [0.2, 0.25) is 0 Å². The van der Waals surface area contributed by atoms with Crippen molar-refractivity contribution in [3.63, 3.8) is 0 Å². The monoisotopic (exact) mass is 244 g/mol. The summed E-state index contributed by atoms with van der Waals surface area (Å²) in [5.41, 5.74) is 0. The molecule has 0 aliphatic heterocycles. The van der Waals surface area contributed by atoms with E-state index in [9.17, 15) is 0 Å². The van der Waals surface area contributed by atoms with Gasteiger partial charge in [-0.25, -0.2) is 0 Å². The molecule has 0 aliphatic carbocycles. The van der Waals surface area contributed by atoms with Crippen LogP contribution >= 0.6 is 13.5 Å². The van der Waals surface area contributed by atoms with Crippen LogP contribution in [0.1, 0.15) is 0 Å². The summed E-state index contributed by atoms with van der Waals surface area (Å²) < 4.78 is 0. The van der Waals surface area contributed by atoms with Crippen molar-refractivity contribution in [3.05, 3.63) is 0 Å². The fourth-order valence-electron chi connectivity index (χ4n) is 0. The summed E-state index contributed by atoms with van der Waals surface area (Å²) in [4.78, 5) is 0. The zero-order valence-electron chi connectivity index (χ0n) is 5.00. The van der Waals surface area contributed by atoms with Gasteiger partial charge in [0.15, 0.2) is 0 Å². The van der Waals surface area contributed by atoms with Crippen LogP contribution < -0.4 is 0 Å². The minimum atomic E-state index is 0. The van der Waals surface area contributed by atoms with E-state index in [1.807, 2.05) is 0 Å². The fraction of sp³-hybridized carbons (Fsp3) is 0. The van der Waals surface area contributed by atoms with E-state index in [0.29, 0.717) is 0 Å². The zero-order chi connectivity index (χ0) is 0. The van der Waals surface area contributed by atoms with Crippen molar-refractivity contribution in [3.8, 4) is 0 Å². The first-order valence-electron chi connectivity index (χ1n) is 0. The Balaban J connectivity index is 0. The molecule has 0 rings (SSSR count). The van der Waals surface area contributed by atoms with Crippen molar-refractivity contribution < 1.29 is 49.3 Å². The normalized spacial score (nSPS) is 0. The molecule has 0 aromatic heterocycles. The Bertz CT molecular complexity index is 12.5. The fourth-order valence-corrected chi connectivity index (χ4v) is 0. The van der Waals surface area contributed by atoms with Gasteiger partial charge in [-0.2, -0.15) is 13.5 Å². The zero-order valence-corrected chi connectivity index (χ0v) is 6.00. The van der Waals surface area contributed by atoms with Crippen molar-refractivity contribution in [1.29, 1.82) is 0 Å². The molecular weight excluding hydrogens is 222 g/mol. The Morgan fingerprint density at radius 1 is 0.250 bits per heavy atom. The molecule has 0 aliphatic rings. The molecule has 0 unspecified atom stereocenters. The molecule has 0 spiro atoms. The Labute approximate surface area is 121 Å². The number of rotatable bonds is 0. The van der Waals surface area contributed by atoms with E-state index in [1.165, 1.54) is 0 Å². The third kappa shape index (κ3) is 366. The Morgan fingerprint density at radius 3 is 0.250 bits per heavy atom. The molecule has 12 heavy (non-hydrogen) atoms. The van der Waals surface area contributed by atoms with E-state index in [-0.39, 0.29) is 122 Å². The molecule has 0 amide bonds. The molecule has 0 heterocycles. The van der Waals surface area contributed by atoms with Gasteiger partial charge in [0.05, 0.1) is 0 Å². The Hall–Kier alpha value is 1.99. The third-order valence-corrected chi connectivity index (χ3v) is 0. The summed E-state index contributed by atoms with van der Waals surface area (Å²) in [6.45, 7) is 0. The molecule has 12 heteroatoms. The van der Waals surface area contributed by atoms with Crippen molar-refractivity contribution in [2.75, 3.05) is 0 Å². The van der Waals surface area contributed by atoms with E-state index in [4.69, 9.17) is 0 Å². The van der Waals surface area contributed by atoms with Gasteiger partial charge in [0.1, 0.15) is 0 Å². The van der Waals surface area contributed by atoms with Crippen LogP contribution in [-0.4, -0.2) is 108 Å². The van der Waals surface area contributed by atoms with Crippen LogP contribution in [-0.2, 0) is 0 Å². The van der Waals surface area contributed by atoms with Crippen molar-refractivity contribution in [2.24, 2.45) is 0 Å². The molecule has 0 bridgehead atoms. The maximum atomic E-state index is 0. The average molecular weight is 244 g/mol. The maximum absolute atomic E-state index is 0. The van der Waals surface area contributed by atoms with Crippen molar-refractivity contribution in [2.45, 2.75) is 0 Å². The van der Waals surface area contributed by atoms with Gasteiger partial charge >= 0.3 is 59.1 Å². The van der Waals surface area contributed by atoms with Gasteiger partial charge in [-0.3, -0.25) is 0 Å². The second kappa shape index (κ2) is 472. The Morgan fingerprint density at radius 2 is 0.250 bits per heavy atom. The van der Waals surface area contributed by atoms with Crippen LogP contribution in [0.4, 0.5) is 0 Å². The third-order valence-electron chi connectivity index (χ3n) is 0. The van der Waals surface area contributed by atoms with Crippen LogP contribution in [0.15, 0.2) is 0 Å². The van der Waals surface area contributed by atoms with Gasteiger partial charge in [-0.1, -0.05) is 0 Å². The standard InChI is InChI=1S/2Na.9H2O.H2S.2H/h;;10*1H2;;. The van der Waals surface area contributed by atoms with E-state index < -0.39 is 0 Å². The van der Waals surface area contributed by atoms with E-state index in [2.05, 4.69) is 0 Å². The Kier molecular flexibility index (Phi) is 23400. The van der Waals surface area contributed by atoms with Gasteiger partial charge < -0.3 is 49.3 Å². The molecule has 9 nitrogen and oxygen atoms in total. The molecule has 18 N–H and O–H groups in total. The van der Waals surface area contributed by atoms with Crippen LogP contribution in [0.25, 0.3) is 0 Å². The molecular formula is H22Na2O9S. The number of hydrogen-bond acceptors (Lipinski definition) is 0. The van der Waals surface area contributed by atoms with Gasteiger partial charge in [-0.05, 0) is 0 Å². The summed E-state index contributed by atoms with van der Waals surface area (Å²) in [6, 6.07) is 0. The molecule has 84 valence electrons. The summed E-state index contributed by atoms with van der Waals surface area (Å²) in [5, 5.41) is 0.